The van der Waals surface area contributed by atoms with Crippen molar-refractivity contribution < 1.29 is 4.39 Å². The van der Waals surface area contributed by atoms with Crippen LogP contribution in [0.25, 0.3) is 0 Å². The molecule has 1 saturated carbocycles. The van der Waals surface area contributed by atoms with Gasteiger partial charge in [0, 0.05) is 10.4 Å². The lowest BCUT2D eigenvalue weighted by atomic mass is 10.3. The summed E-state index contributed by atoms with van der Waals surface area (Å²) in [6.45, 7) is 0. The molecule has 1 aliphatic rings. The Kier molecular flexibility index (Phi) is 2.98. The van der Waals surface area contributed by atoms with Gasteiger partial charge in [0.25, 0.3) is 0 Å². The van der Waals surface area contributed by atoms with E-state index in [4.69, 9.17) is 17.3 Å². The topological polar surface area (TPSA) is 38.4 Å². The van der Waals surface area contributed by atoms with Crippen LogP contribution in [0.5, 0.6) is 0 Å². The van der Waals surface area contributed by atoms with Crippen LogP contribution in [0, 0.1) is 11.7 Å². The van der Waals surface area contributed by atoms with E-state index in [0.717, 1.165) is 12.8 Å². The van der Waals surface area contributed by atoms with Crippen molar-refractivity contribution in [2.75, 3.05) is 0 Å². The number of hydrogen-bond donors (Lipinski definition) is 1. The molecule has 0 atom stereocenters. The molecule has 0 unspecified atom stereocenters. The number of aliphatic imine (C=N–C) groups is 1. The highest BCUT2D eigenvalue weighted by atomic mass is 79.9. The zero-order valence-corrected chi connectivity index (χ0v) is 10.1. The predicted octanol–water partition coefficient (Wildman–Crippen LogP) is 3.64. The fourth-order valence-electron chi connectivity index (χ4n) is 1.24. The second-order valence-corrected chi connectivity index (χ2v) is 4.79. The number of nitrogens with zero attached hydrogens (tertiary/aromatic N) is 1. The molecule has 0 radical (unpaired) electrons. The van der Waals surface area contributed by atoms with Crippen LogP contribution in [0.2, 0.25) is 5.02 Å². The summed E-state index contributed by atoms with van der Waals surface area (Å²) in [7, 11) is 0. The molecule has 2 nitrogen and oxygen atoms in total. The Bertz CT molecular complexity index is 406. The third-order valence-electron chi connectivity index (χ3n) is 2.22. The van der Waals surface area contributed by atoms with Gasteiger partial charge in [-0.15, -0.1) is 0 Å². The van der Waals surface area contributed by atoms with Gasteiger partial charge in [-0.1, -0.05) is 11.6 Å². The van der Waals surface area contributed by atoms with Crippen molar-refractivity contribution in [3.8, 4) is 0 Å². The molecule has 80 valence electrons. The van der Waals surface area contributed by atoms with Crippen LogP contribution in [0.4, 0.5) is 10.1 Å². The molecule has 15 heavy (non-hydrogen) atoms. The monoisotopic (exact) mass is 290 g/mol. The standard InChI is InChI=1S/C10H9BrClFN2/c11-7-3-6(13)4-8(12)9(7)15-10(14)5-1-2-5/h3-5H,1-2H2,(H2,14,15). The van der Waals surface area contributed by atoms with Crippen molar-refractivity contribution in [2.24, 2.45) is 16.6 Å². The normalized spacial score (nSPS) is 16.9. The molecule has 1 aliphatic carbocycles. The molecule has 5 heteroatoms. The second-order valence-electron chi connectivity index (χ2n) is 3.53. The molecular formula is C10H9BrClFN2. The smallest absolute Gasteiger partial charge is 0.125 e. The Morgan fingerprint density at radius 3 is 2.73 bits per heavy atom. The highest BCUT2D eigenvalue weighted by Crippen LogP contribution is 2.36. The van der Waals surface area contributed by atoms with Gasteiger partial charge in [0.05, 0.1) is 10.7 Å². The van der Waals surface area contributed by atoms with Gasteiger partial charge >= 0.3 is 0 Å². The molecule has 0 aliphatic heterocycles. The van der Waals surface area contributed by atoms with E-state index in [2.05, 4.69) is 20.9 Å². The number of halogens is 3. The maximum atomic E-state index is 12.9. The van der Waals surface area contributed by atoms with Gasteiger partial charge in [0.2, 0.25) is 0 Å². The minimum Gasteiger partial charge on any atom is -0.387 e. The predicted molar refractivity (Wildman–Crippen MR) is 63.1 cm³/mol. The lowest BCUT2D eigenvalue weighted by Crippen LogP contribution is -2.13. The molecule has 1 aromatic carbocycles. The number of amidine groups is 1. The average molecular weight is 292 g/mol. The Morgan fingerprint density at radius 1 is 1.53 bits per heavy atom. The zero-order chi connectivity index (χ0) is 11.0. The summed E-state index contributed by atoms with van der Waals surface area (Å²) in [6, 6.07) is 2.55. The van der Waals surface area contributed by atoms with Gasteiger partial charge in [0.1, 0.15) is 11.7 Å². The summed E-state index contributed by atoms with van der Waals surface area (Å²) in [5, 5.41) is 0.269. The quantitative estimate of drug-likeness (QED) is 0.655. The summed E-state index contributed by atoms with van der Waals surface area (Å²) in [5.41, 5.74) is 6.27. The number of rotatable bonds is 2. The first-order valence-electron chi connectivity index (χ1n) is 4.56. The highest BCUT2D eigenvalue weighted by Gasteiger charge is 2.25. The van der Waals surface area contributed by atoms with Crippen LogP contribution in [-0.4, -0.2) is 5.84 Å². The highest BCUT2D eigenvalue weighted by molar-refractivity contribution is 9.10. The van der Waals surface area contributed by atoms with Gasteiger partial charge in [0.15, 0.2) is 0 Å². The Balaban J connectivity index is 2.39. The molecule has 1 fully saturated rings. The van der Waals surface area contributed by atoms with Crippen LogP contribution < -0.4 is 5.73 Å². The average Bonchev–Trinajstić information content (AvgIpc) is 2.93. The van der Waals surface area contributed by atoms with E-state index in [-0.39, 0.29) is 5.02 Å². The molecule has 2 N–H and O–H groups in total. The number of hydrogen-bond acceptors (Lipinski definition) is 1. The Labute approximate surface area is 100 Å². The fraction of sp³-hybridized carbons (Fsp3) is 0.300. The van der Waals surface area contributed by atoms with Crippen LogP contribution in [-0.2, 0) is 0 Å². The van der Waals surface area contributed by atoms with Crippen LogP contribution in [0.3, 0.4) is 0 Å². The van der Waals surface area contributed by atoms with Crippen molar-refractivity contribution in [3.63, 3.8) is 0 Å². The lowest BCUT2D eigenvalue weighted by Gasteiger charge is -2.03. The largest absolute Gasteiger partial charge is 0.387 e. The van der Waals surface area contributed by atoms with E-state index < -0.39 is 5.82 Å². The van der Waals surface area contributed by atoms with Crippen LogP contribution >= 0.6 is 27.5 Å². The third-order valence-corrected chi connectivity index (χ3v) is 3.11. The Morgan fingerprint density at radius 2 is 2.20 bits per heavy atom. The van der Waals surface area contributed by atoms with Gasteiger partial charge in [-0.05, 0) is 40.9 Å². The minimum absolute atomic E-state index is 0.269. The van der Waals surface area contributed by atoms with Gasteiger partial charge in [-0.2, -0.15) is 0 Å². The number of nitrogens with two attached hydrogens (primary N) is 1. The molecule has 0 heterocycles. The lowest BCUT2D eigenvalue weighted by molar-refractivity contribution is 0.627. The SMILES string of the molecule is NC(=Nc1c(Cl)cc(F)cc1Br)C1CC1. The fourth-order valence-corrected chi connectivity index (χ4v) is 2.12. The molecule has 0 bridgehead atoms. The maximum Gasteiger partial charge on any atom is 0.125 e. The summed E-state index contributed by atoms with van der Waals surface area (Å²) in [6.07, 6.45) is 2.15. The summed E-state index contributed by atoms with van der Waals surface area (Å²) >= 11 is 9.08. The second kappa shape index (κ2) is 4.10. The molecule has 1 aromatic rings. The molecule has 0 saturated heterocycles. The number of benzene rings is 1. The van der Waals surface area contributed by atoms with Crippen molar-refractivity contribution in [1.29, 1.82) is 0 Å². The van der Waals surface area contributed by atoms with E-state index >= 15 is 0 Å². The minimum atomic E-state index is -0.393. The first-order valence-corrected chi connectivity index (χ1v) is 5.73. The van der Waals surface area contributed by atoms with Gasteiger partial charge in [-0.3, -0.25) is 0 Å². The molecule has 0 spiro atoms. The van der Waals surface area contributed by atoms with E-state index in [0.29, 0.717) is 21.9 Å². The van der Waals surface area contributed by atoms with E-state index in [9.17, 15) is 4.39 Å². The van der Waals surface area contributed by atoms with Gasteiger partial charge < -0.3 is 5.73 Å². The van der Waals surface area contributed by atoms with Crippen molar-refractivity contribution in [3.05, 3.63) is 27.4 Å². The first kappa shape index (κ1) is 10.9. The summed E-state index contributed by atoms with van der Waals surface area (Å²) in [4.78, 5) is 4.21. The van der Waals surface area contributed by atoms with Crippen molar-refractivity contribution in [2.45, 2.75) is 12.8 Å². The summed E-state index contributed by atoms with van der Waals surface area (Å²) < 4.78 is 13.4. The van der Waals surface area contributed by atoms with E-state index in [1.807, 2.05) is 0 Å². The molecule has 0 amide bonds. The van der Waals surface area contributed by atoms with Crippen molar-refractivity contribution in [1.82, 2.24) is 0 Å². The van der Waals surface area contributed by atoms with E-state index in [1.165, 1.54) is 12.1 Å². The molecule has 0 aromatic heterocycles. The van der Waals surface area contributed by atoms with E-state index in [1.54, 1.807) is 0 Å². The first-order chi connectivity index (χ1) is 7.08. The molecular weight excluding hydrogens is 282 g/mol. The maximum absolute atomic E-state index is 12.9. The van der Waals surface area contributed by atoms with Crippen LogP contribution in [0.1, 0.15) is 12.8 Å². The van der Waals surface area contributed by atoms with Crippen molar-refractivity contribution >= 4 is 39.1 Å². The Hall–Kier alpha value is -0.610. The third kappa shape index (κ3) is 2.49. The summed E-state index contributed by atoms with van der Waals surface area (Å²) in [5.74, 6) is 0.554. The van der Waals surface area contributed by atoms with Crippen LogP contribution in [0.15, 0.2) is 21.6 Å². The molecule has 2 rings (SSSR count). The zero-order valence-electron chi connectivity index (χ0n) is 7.80. The van der Waals surface area contributed by atoms with Gasteiger partial charge in [-0.25, -0.2) is 9.38 Å².